The van der Waals surface area contributed by atoms with E-state index in [1.54, 1.807) is 6.92 Å². The van der Waals surface area contributed by atoms with Crippen molar-refractivity contribution in [3.8, 4) is 0 Å². The van der Waals surface area contributed by atoms with Crippen molar-refractivity contribution < 1.29 is 13.5 Å². The lowest BCUT2D eigenvalue weighted by molar-refractivity contribution is 0.0960. The van der Waals surface area contributed by atoms with E-state index >= 15 is 0 Å². The van der Waals surface area contributed by atoms with E-state index in [1.807, 2.05) is 13.8 Å². The van der Waals surface area contributed by atoms with Crippen molar-refractivity contribution in [2.75, 3.05) is 18.8 Å². The third kappa shape index (κ3) is 2.03. The molecule has 0 bridgehead atoms. The van der Waals surface area contributed by atoms with Crippen molar-refractivity contribution in [3.05, 3.63) is 0 Å². The molecule has 1 saturated heterocycles. The topological polar surface area (TPSA) is 57.6 Å². The Hall–Kier alpha value is -0.130. The number of aliphatic hydroxyl groups is 1. The van der Waals surface area contributed by atoms with Crippen LogP contribution in [0, 0.1) is 5.41 Å². The monoisotopic (exact) mass is 207 g/mol. The molecule has 1 fully saturated rings. The maximum Gasteiger partial charge on any atom is 0.213 e. The second-order valence-electron chi connectivity index (χ2n) is 4.20. The summed E-state index contributed by atoms with van der Waals surface area (Å²) in [5.74, 6) is 0.107. The van der Waals surface area contributed by atoms with Crippen molar-refractivity contribution in [1.82, 2.24) is 4.31 Å². The number of nitrogens with zero attached hydrogens (tertiary/aromatic N) is 1. The van der Waals surface area contributed by atoms with E-state index in [2.05, 4.69) is 0 Å². The van der Waals surface area contributed by atoms with Crippen LogP contribution in [0.25, 0.3) is 0 Å². The van der Waals surface area contributed by atoms with E-state index in [9.17, 15) is 13.5 Å². The predicted octanol–water partition coefficient (Wildman–Crippen LogP) is 0.0388. The quantitative estimate of drug-likeness (QED) is 0.695. The van der Waals surface area contributed by atoms with Crippen LogP contribution in [0.3, 0.4) is 0 Å². The van der Waals surface area contributed by atoms with Gasteiger partial charge in [0.15, 0.2) is 0 Å². The fourth-order valence-electron chi connectivity index (χ4n) is 1.46. The van der Waals surface area contributed by atoms with Crippen LogP contribution in [-0.4, -0.2) is 42.8 Å². The van der Waals surface area contributed by atoms with Crippen LogP contribution in [0.4, 0.5) is 0 Å². The molecule has 0 aromatic carbocycles. The zero-order valence-corrected chi connectivity index (χ0v) is 9.13. The summed E-state index contributed by atoms with van der Waals surface area (Å²) in [6, 6.07) is 0. The highest BCUT2D eigenvalue weighted by atomic mass is 32.2. The van der Waals surface area contributed by atoms with Gasteiger partial charge in [0.25, 0.3) is 0 Å². The first-order chi connectivity index (χ1) is 5.79. The highest BCUT2D eigenvalue weighted by Crippen LogP contribution is 2.31. The summed E-state index contributed by atoms with van der Waals surface area (Å²) >= 11 is 0. The van der Waals surface area contributed by atoms with Gasteiger partial charge in [-0.05, 0) is 6.92 Å². The summed E-state index contributed by atoms with van der Waals surface area (Å²) in [5, 5.41) is 9.58. The van der Waals surface area contributed by atoms with Gasteiger partial charge in [-0.15, -0.1) is 0 Å². The SMILES string of the molecule is CCS(=O)(=O)N1CC(O)C(C)(C)C1. The Morgan fingerprint density at radius 3 is 2.38 bits per heavy atom. The second-order valence-corrected chi connectivity index (χ2v) is 6.46. The zero-order chi connectivity index (χ0) is 10.3. The molecule has 1 unspecified atom stereocenters. The molecule has 1 aliphatic heterocycles. The molecule has 0 aromatic heterocycles. The van der Waals surface area contributed by atoms with Crippen LogP contribution in [0.5, 0.6) is 0 Å². The van der Waals surface area contributed by atoms with Gasteiger partial charge in [-0.2, -0.15) is 4.31 Å². The van der Waals surface area contributed by atoms with Crippen LogP contribution in [0.2, 0.25) is 0 Å². The molecule has 0 aliphatic carbocycles. The molecule has 5 heteroatoms. The Bertz CT molecular complexity index is 284. The van der Waals surface area contributed by atoms with Gasteiger partial charge in [0.2, 0.25) is 10.0 Å². The van der Waals surface area contributed by atoms with Crippen LogP contribution < -0.4 is 0 Å². The van der Waals surface area contributed by atoms with E-state index in [0.29, 0.717) is 6.54 Å². The average Bonchev–Trinajstić information content (AvgIpc) is 2.28. The van der Waals surface area contributed by atoms with Gasteiger partial charge in [-0.25, -0.2) is 8.42 Å². The molecule has 0 aromatic rings. The number of aliphatic hydroxyl groups excluding tert-OH is 1. The van der Waals surface area contributed by atoms with Crippen LogP contribution >= 0.6 is 0 Å². The van der Waals surface area contributed by atoms with E-state index in [0.717, 1.165) is 0 Å². The first-order valence-corrected chi connectivity index (χ1v) is 6.06. The minimum atomic E-state index is -3.13. The highest BCUT2D eigenvalue weighted by Gasteiger charge is 2.42. The molecule has 0 saturated carbocycles. The van der Waals surface area contributed by atoms with Gasteiger partial charge in [-0.1, -0.05) is 13.8 Å². The third-order valence-corrected chi connectivity index (χ3v) is 4.42. The van der Waals surface area contributed by atoms with E-state index in [-0.39, 0.29) is 17.7 Å². The lowest BCUT2D eigenvalue weighted by Crippen LogP contribution is -2.31. The van der Waals surface area contributed by atoms with Gasteiger partial charge in [0.05, 0.1) is 11.9 Å². The van der Waals surface area contributed by atoms with Crippen molar-refractivity contribution in [3.63, 3.8) is 0 Å². The molecule has 1 aliphatic rings. The maximum absolute atomic E-state index is 11.4. The molecule has 1 N–H and O–H groups in total. The van der Waals surface area contributed by atoms with Crippen molar-refractivity contribution >= 4 is 10.0 Å². The lowest BCUT2D eigenvalue weighted by atomic mass is 9.90. The van der Waals surface area contributed by atoms with Gasteiger partial charge < -0.3 is 5.11 Å². The number of hydrogen-bond acceptors (Lipinski definition) is 3. The summed E-state index contributed by atoms with van der Waals surface area (Å²) in [4.78, 5) is 0. The molecular weight excluding hydrogens is 190 g/mol. The fraction of sp³-hybridized carbons (Fsp3) is 1.00. The Balaban J connectivity index is 2.81. The van der Waals surface area contributed by atoms with Crippen LogP contribution in [0.1, 0.15) is 20.8 Å². The summed E-state index contributed by atoms with van der Waals surface area (Å²) in [6.45, 7) is 6.03. The third-order valence-electron chi connectivity index (χ3n) is 2.62. The normalized spacial score (nSPS) is 29.4. The number of β-amino-alcohol motifs (C(OH)–C–C–N with tert-alkyl or cyclic N) is 1. The summed E-state index contributed by atoms with van der Waals surface area (Å²) in [7, 11) is -3.13. The summed E-state index contributed by atoms with van der Waals surface area (Å²) in [6.07, 6.45) is -0.547. The number of sulfonamides is 1. The molecule has 1 atom stereocenters. The van der Waals surface area contributed by atoms with Crippen molar-refractivity contribution in [2.24, 2.45) is 5.41 Å². The van der Waals surface area contributed by atoms with Crippen LogP contribution in [0.15, 0.2) is 0 Å². The first-order valence-electron chi connectivity index (χ1n) is 4.45. The maximum atomic E-state index is 11.4. The Morgan fingerprint density at radius 2 is 2.08 bits per heavy atom. The van der Waals surface area contributed by atoms with Crippen LogP contribution in [-0.2, 0) is 10.0 Å². The number of rotatable bonds is 2. The molecule has 78 valence electrons. The second kappa shape index (κ2) is 3.22. The molecule has 4 nitrogen and oxygen atoms in total. The Morgan fingerprint density at radius 1 is 1.54 bits per heavy atom. The van der Waals surface area contributed by atoms with E-state index in [1.165, 1.54) is 4.31 Å². The number of hydrogen-bond donors (Lipinski definition) is 1. The smallest absolute Gasteiger partial charge is 0.213 e. The van der Waals surface area contributed by atoms with Gasteiger partial charge in [0, 0.05) is 18.5 Å². The molecule has 13 heavy (non-hydrogen) atoms. The highest BCUT2D eigenvalue weighted by molar-refractivity contribution is 7.89. The lowest BCUT2D eigenvalue weighted by Gasteiger charge is -2.20. The van der Waals surface area contributed by atoms with Gasteiger partial charge >= 0.3 is 0 Å². The predicted molar refractivity (Wildman–Crippen MR) is 50.8 cm³/mol. The standard InChI is InChI=1S/C8H17NO3S/c1-4-13(11,12)9-5-7(10)8(2,3)6-9/h7,10H,4-6H2,1-3H3. The first kappa shape index (κ1) is 10.9. The Kier molecular flexibility index (Phi) is 2.71. The summed E-state index contributed by atoms with van der Waals surface area (Å²) in [5.41, 5.74) is -0.317. The molecule has 0 radical (unpaired) electrons. The van der Waals surface area contributed by atoms with E-state index in [4.69, 9.17) is 0 Å². The Labute approximate surface area is 79.6 Å². The summed E-state index contributed by atoms with van der Waals surface area (Å²) < 4.78 is 24.3. The average molecular weight is 207 g/mol. The largest absolute Gasteiger partial charge is 0.391 e. The molecule has 1 heterocycles. The minimum absolute atomic E-state index is 0.107. The van der Waals surface area contributed by atoms with Crippen molar-refractivity contribution in [1.29, 1.82) is 0 Å². The van der Waals surface area contributed by atoms with E-state index < -0.39 is 16.1 Å². The molecule has 1 rings (SSSR count). The van der Waals surface area contributed by atoms with Crippen molar-refractivity contribution in [2.45, 2.75) is 26.9 Å². The molecule has 0 spiro atoms. The zero-order valence-electron chi connectivity index (χ0n) is 8.32. The minimum Gasteiger partial charge on any atom is -0.391 e. The van der Waals surface area contributed by atoms with Gasteiger partial charge in [-0.3, -0.25) is 0 Å². The van der Waals surface area contributed by atoms with Gasteiger partial charge in [0.1, 0.15) is 0 Å². The molecular formula is C8H17NO3S. The fourth-order valence-corrected chi connectivity index (χ4v) is 2.72. The molecule has 0 amide bonds.